The Balaban J connectivity index is 1.09. The molecule has 0 radical (unpaired) electrons. The molecule has 2 heterocycles. The van der Waals surface area contributed by atoms with E-state index in [1.165, 1.54) is 0 Å². The van der Waals surface area contributed by atoms with Crippen molar-refractivity contribution in [3.8, 4) is 11.3 Å². The first-order valence-corrected chi connectivity index (χ1v) is 14.5. The summed E-state index contributed by atoms with van der Waals surface area (Å²) in [7, 11) is 0. The number of anilines is 1. The molecule has 1 aliphatic rings. The lowest BCUT2D eigenvalue weighted by atomic mass is 9.90. The van der Waals surface area contributed by atoms with Crippen molar-refractivity contribution in [2.24, 2.45) is 0 Å². The number of carbonyl (C=O) groups is 2. The summed E-state index contributed by atoms with van der Waals surface area (Å²) in [6, 6.07) is 43.3. The smallest absolute Gasteiger partial charge is 0.254 e. The second-order valence-corrected chi connectivity index (χ2v) is 10.9. The third-order valence-electron chi connectivity index (χ3n) is 8.09. The molecule has 5 aromatic carbocycles. The zero-order valence-corrected chi connectivity index (χ0v) is 23.6. The monoisotopic (exact) mass is 562 g/mol. The van der Waals surface area contributed by atoms with Crippen LogP contribution in [0.15, 0.2) is 138 Å². The van der Waals surface area contributed by atoms with E-state index in [1.54, 1.807) is 0 Å². The maximum absolute atomic E-state index is 13.6. The van der Waals surface area contributed by atoms with Crippen molar-refractivity contribution in [1.29, 1.82) is 0 Å². The molecular weight excluding hydrogens is 532 g/mol. The van der Waals surface area contributed by atoms with Crippen LogP contribution in [0.25, 0.3) is 22.1 Å². The summed E-state index contributed by atoms with van der Waals surface area (Å²) in [4.78, 5) is 28.9. The number of amides is 2. The van der Waals surface area contributed by atoms with Crippen LogP contribution in [0.4, 0.5) is 5.69 Å². The minimum absolute atomic E-state index is 0.0234. The van der Waals surface area contributed by atoms with Crippen molar-refractivity contribution >= 4 is 28.3 Å². The van der Waals surface area contributed by atoms with Gasteiger partial charge in [0.15, 0.2) is 0 Å². The number of hydrogen-bond donors (Lipinski definition) is 1. The molecule has 0 unspecified atom stereocenters. The minimum atomic E-state index is -0.437. The Morgan fingerprint density at radius 2 is 1.40 bits per heavy atom. The first-order chi connectivity index (χ1) is 21.1. The fourth-order valence-electron chi connectivity index (χ4n) is 5.90. The molecule has 210 valence electrons. The number of nitrogens with zero attached hydrogens (tertiary/aromatic N) is 1. The van der Waals surface area contributed by atoms with Crippen LogP contribution in [0, 0.1) is 0 Å². The number of rotatable bonds is 6. The van der Waals surface area contributed by atoms with Gasteiger partial charge in [0.1, 0.15) is 11.5 Å². The molecule has 0 fully saturated rings. The largest absolute Gasteiger partial charge is 0.461 e. The maximum atomic E-state index is 13.6. The lowest BCUT2D eigenvalue weighted by Crippen LogP contribution is -2.35. The molecule has 0 saturated carbocycles. The van der Waals surface area contributed by atoms with Crippen LogP contribution >= 0.6 is 0 Å². The first-order valence-electron chi connectivity index (χ1n) is 14.5. The average molecular weight is 563 g/mol. The normalized spacial score (nSPS) is 12.7. The molecule has 5 heteroatoms. The van der Waals surface area contributed by atoms with Gasteiger partial charge in [-0.05, 0) is 52.2 Å². The van der Waals surface area contributed by atoms with Crippen molar-refractivity contribution in [3.63, 3.8) is 0 Å². The molecule has 0 aliphatic carbocycles. The molecule has 0 bridgehead atoms. The van der Waals surface area contributed by atoms with Crippen LogP contribution < -0.4 is 5.32 Å². The molecule has 5 nitrogen and oxygen atoms in total. The Kier molecular flexibility index (Phi) is 7.05. The molecule has 0 spiro atoms. The van der Waals surface area contributed by atoms with E-state index in [9.17, 15) is 9.59 Å². The number of carbonyl (C=O) groups excluding carboxylic acids is 2. The standard InChI is InChI=1S/C38H30N2O3/c41-37(36(27-11-3-1-4-12-27)28-13-5-2-6-14-28)39-33-17-9-16-30(23-33)35-24-32-25-40(21-20-34(32)43-35)38(42)31-19-18-26-10-7-8-15-29(26)22-31/h1-19,22-24,36H,20-21,25H2,(H,39,41). The Labute approximate surface area is 250 Å². The van der Waals surface area contributed by atoms with Gasteiger partial charge < -0.3 is 14.6 Å². The fraction of sp³-hybridized carbons (Fsp3) is 0.105. The average Bonchev–Trinajstić information content (AvgIpc) is 3.49. The molecule has 6 aromatic rings. The lowest BCUT2D eigenvalue weighted by Gasteiger charge is -2.26. The number of nitrogens with one attached hydrogen (secondary N) is 1. The Bertz CT molecular complexity index is 1890. The van der Waals surface area contributed by atoms with E-state index in [1.807, 2.05) is 132 Å². The molecule has 0 atom stereocenters. The quantitative estimate of drug-likeness (QED) is 0.223. The molecule has 1 N–H and O–H groups in total. The zero-order valence-electron chi connectivity index (χ0n) is 23.6. The molecule has 1 aromatic heterocycles. The van der Waals surface area contributed by atoms with E-state index in [0.29, 0.717) is 30.8 Å². The predicted molar refractivity (Wildman–Crippen MR) is 170 cm³/mol. The summed E-state index contributed by atoms with van der Waals surface area (Å²) in [5, 5.41) is 5.31. The van der Waals surface area contributed by atoms with Crippen LogP contribution in [0.2, 0.25) is 0 Å². The van der Waals surface area contributed by atoms with Gasteiger partial charge >= 0.3 is 0 Å². The van der Waals surface area contributed by atoms with Gasteiger partial charge in [-0.2, -0.15) is 0 Å². The fourth-order valence-corrected chi connectivity index (χ4v) is 5.90. The summed E-state index contributed by atoms with van der Waals surface area (Å²) < 4.78 is 6.28. The Morgan fingerprint density at radius 1 is 0.698 bits per heavy atom. The topological polar surface area (TPSA) is 62.6 Å². The van der Waals surface area contributed by atoms with Crippen molar-refractivity contribution < 1.29 is 14.0 Å². The van der Waals surface area contributed by atoms with Gasteiger partial charge in [-0.15, -0.1) is 0 Å². The van der Waals surface area contributed by atoms with Gasteiger partial charge in [-0.25, -0.2) is 0 Å². The van der Waals surface area contributed by atoms with E-state index in [4.69, 9.17) is 4.42 Å². The number of furan rings is 1. The highest BCUT2D eigenvalue weighted by Gasteiger charge is 2.26. The van der Waals surface area contributed by atoms with Gasteiger partial charge in [0, 0.05) is 41.9 Å². The van der Waals surface area contributed by atoms with Crippen LogP contribution in [0.5, 0.6) is 0 Å². The van der Waals surface area contributed by atoms with Crippen molar-refractivity contribution in [1.82, 2.24) is 4.90 Å². The highest BCUT2D eigenvalue weighted by Crippen LogP contribution is 2.32. The van der Waals surface area contributed by atoms with Gasteiger partial charge in [-0.3, -0.25) is 9.59 Å². The number of fused-ring (bicyclic) bond motifs is 2. The van der Waals surface area contributed by atoms with Crippen LogP contribution in [0.3, 0.4) is 0 Å². The second kappa shape index (κ2) is 11.5. The highest BCUT2D eigenvalue weighted by molar-refractivity contribution is 5.99. The van der Waals surface area contributed by atoms with Crippen molar-refractivity contribution in [2.75, 3.05) is 11.9 Å². The van der Waals surface area contributed by atoms with Gasteiger partial charge in [0.05, 0.1) is 5.92 Å². The van der Waals surface area contributed by atoms with Crippen LogP contribution in [-0.2, 0) is 17.8 Å². The van der Waals surface area contributed by atoms with Crippen LogP contribution in [0.1, 0.15) is 38.7 Å². The van der Waals surface area contributed by atoms with Crippen molar-refractivity contribution in [3.05, 3.63) is 161 Å². The third-order valence-corrected chi connectivity index (χ3v) is 8.09. The Morgan fingerprint density at radius 3 is 2.14 bits per heavy atom. The molecule has 0 saturated heterocycles. The molecule has 1 aliphatic heterocycles. The molecule has 43 heavy (non-hydrogen) atoms. The van der Waals surface area contributed by atoms with Crippen molar-refractivity contribution in [2.45, 2.75) is 18.9 Å². The van der Waals surface area contributed by atoms with Gasteiger partial charge in [0.2, 0.25) is 5.91 Å². The summed E-state index contributed by atoms with van der Waals surface area (Å²) in [6.07, 6.45) is 0.654. The van der Waals surface area contributed by atoms with Gasteiger partial charge in [-0.1, -0.05) is 103 Å². The predicted octanol–water partition coefficient (Wildman–Crippen LogP) is 8.07. The lowest BCUT2D eigenvalue weighted by molar-refractivity contribution is -0.116. The van der Waals surface area contributed by atoms with E-state index in [-0.39, 0.29) is 11.8 Å². The number of hydrogen-bond acceptors (Lipinski definition) is 3. The second-order valence-electron chi connectivity index (χ2n) is 10.9. The molecule has 2 amide bonds. The van der Waals surface area contributed by atoms with Gasteiger partial charge in [0.25, 0.3) is 5.91 Å². The number of benzene rings is 5. The van der Waals surface area contributed by atoms with E-state index >= 15 is 0 Å². The molecule has 7 rings (SSSR count). The summed E-state index contributed by atoms with van der Waals surface area (Å²) in [5.74, 6) is 1.11. The van der Waals surface area contributed by atoms with E-state index < -0.39 is 5.92 Å². The SMILES string of the molecule is O=C(Nc1cccc(-c2cc3c(o2)CCN(C(=O)c2ccc4ccccc4c2)C3)c1)C(c1ccccc1)c1ccccc1. The minimum Gasteiger partial charge on any atom is -0.461 e. The highest BCUT2D eigenvalue weighted by atomic mass is 16.3. The first kappa shape index (κ1) is 26.5. The van der Waals surface area contributed by atoms with E-state index in [0.717, 1.165) is 44.5 Å². The summed E-state index contributed by atoms with van der Waals surface area (Å²) in [5.41, 5.74) is 5.14. The maximum Gasteiger partial charge on any atom is 0.254 e. The zero-order chi connectivity index (χ0) is 29.2. The molecular formula is C38H30N2O3. The summed E-state index contributed by atoms with van der Waals surface area (Å²) in [6.45, 7) is 1.10. The summed E-state index contributed by atoms with van der Waals surface area (Å²) >= 11 is 0. The third kappa shape index (κ3) is 5.45. The van der Waals surface area contributed by atoms with Crippen LogP contribution in [-0.4, -0.2) is 23.3 Å². The Hall–Kier alpha value is -5.42. The van der Waals surface area contributed by atoms with E-state index in [2.05, 4.69) is 11.4 Å².